The van der Waals surface area contributed by atoms with Gasteiger partial charge in [0.15, 0.2) is 0 Å². The van der Waals surface area contributed by atoms with Crippen molar-refractivity contribution in [3.05, 3.63) is 0 Å². The molecule has 1 atom stereocenters. The molecule has 0 aromatic rings. The maximum atomic E-state index is 5.62. The topological polar surface area (TPSA) is 29.3 Å². The van der Waals surface area contributed by atoms with Crippen LogP contribution in [0.3, 0.4) is 0 Å². The standard InChI is InChI=1S/C11H22N2/c12-7-6-11-5-2-8-13(11)9-10-3-1-4-10/h10-11H,1-9,12H2. The van der Waals surface area contributed by atoms with Gasteiger partial charge in [-0.1, -0.05) is 6.42 Å². The first-order chi connectivity index (χ1) is 6.40. The van der Waals surface area contributed by atoms with E-state index in [1.165, 1.54) is 51.6 Å². The lowest BCUT2D eigenvalue weighted by Crippen LogP contribution is -2.37. The lowest BCUT2D eigenvalue weighted by molar-refractivity contribution is 0.162. The van der Waals surface area contributed by atoms with Crippen LogP contribution in [0.15, 0.2) is 0 Å². The molecule has 2 fully saturated rings. The number of rotatable bonds is 4. The largest absolute Gasteiger partial charge is 0.330 e. The van der Waals surface area contributed by atoms with Crippen LogP contribution >= 0.6 is 0 Å². The molecule has 0 bridgehead atoms. The third kappa shape index (κ3) is 2.23. The average Bonchev–Trinajstić information content (AvgIpc) is 2.46. The van der Waals surface area contributed by atoms with Crippen molar-refractivity contribution in [1.82, 2.24) is 4.90 Å². The molecule has 76 valence electrons. The summed E-state index contributed by atoms with van der Waals surface area (Å²) in [6.07, 6.45) is 8.44. The van der Waals surface area contributed by atoms with Crippen LogP contribution in [0.2, 0.25) is 0 Å². The Balaban J connectivity index is 1.75. The molecule has 1 aliphatic carbocycles. The van der Waals surface area contributed by atoms with Crippen molar-refractivity contribution < 1.29 is 0 Å². The van der Waals surface area contributed by atoms with Crippen LogP contribution in [-0.4, -0.2) is 30.6 Å². The number of hydrogen-bond donors (Lipinski definition) is 1. The normalized spacial score (nSPS) is 30.7. The van der Waals surface area contributed by atoms with Crippen LogP contribution < -0.4 is 5.73 Å². The van der Waals surface area contributed by atoms with E-state index in [0.717, 1.165) is 18.5 Å². The first-order valence-electron chi connectivity index (χ1n) is 5.84. The fourth-order valence-corrected chi connectivity index (χ4v) is 2.66. The van der Waals surface area contributed by atoms with Gasteiger partial charge in [-0.3, -0.25) is 0 Å². The van der Waals surface area contributed by atoms with Gasteiger partial charge in [0.1, 0.15) is 0 Å². The van der Waals surface area contributed by atoms with E-state index < -0.39 is 0 Å². The molecule has 2 rings (SSSR count). The lowest BCUT2D eigenvalue weighted by Gasteiger charge is -2.33. The zero-order valence-corrected chi connectivity index (χ0v) is 8.54. The first-order valence-corrected chi connectivity index (χ1v) is 5.84. The molecular formula is C11H22N2. The zero-order chi connectivity index (χ0) is 9.10. The third-order valence-electron chi connectivity index (χ3n) is 3.72. The second kappa shape index (κ2) is 4.43. The Morgan fingerprint density at radius 3 is 2.62 bits per heavy atom. The monoisotopic (exact) mass is 182 g/mol. The molecule has 1 saturated carbocycles. The highest BCUT2D eigenvalue weighted by Crippen LogP contribution is 2.30. The van der Waals surface area contributed by atoms with Crippen molar-refractivity contribution in [3.8, 4) is 0 Å². The van der Waals surface area contributed by atoms with E-state index in [0.29, 0.717) is 0 Å². The van der Waals surface area contributed by atoms with Crippen LogP contribution in [0.5, 0.6) is 0 Å². The number of hydrogen-bond acceptors (Lipinski definition) is 2. The highest BCUT2D eigenvalue weighted by Gasteiger charge is 2.28. The van der Waals surface area contributed by atoms with Gasteiger partial charge >= 0.3 is 0 Å². The van der Waals surface area contributed by atoms with Crippen molar-refractivity contribution in [2.75, 3.05) is 19.6 Å². The SMILES string of the molecule is NCCC1CCCN1CC1CCC1. The Hall–Kier alpha value is -0.0800. The summed E-state index contributed by atoms with van der Waals surface area (Å²) in [6.45, 7) is 3.57. The highest BCUT2D eigenvalue weighted by atomic mass is 15.2. The van der Waals surface area contributed by atoms with Crippen molar-refractivity contribution in [2.24, 2.45) is 11.7 Å². The molecular weight excluding hydrogens is 160 g/mol. The van der Waals surface area contributed by atoms with Gasteiger partial charge in [0, 0.05) is 12.6 Å². The Morgan fingerprint density at radius 1 is 1.15 bits per heavy atom. The minimum atomic E-state index is 0.825. The van der Waals surface area contributed by atoms with E-state index >= 15 is 0 Å². The van der Waals surface area contributed by atoms with E-state index in [4.69, 9.17) is 5.73 Å². The van der Waals surface area contributed by atoms with Crippen LogP contribution in [0.25, 0.3) is 0 Å². The maximum absolute atomic E-state index is 5.62. The van der Waals surface area contributed by atoms with Crippen LogP contribution in [0, 0.1) is 5.92 Å². The van der Waals surface area contributed by atoms with E-state index in [9.17, 15) is 0 Å². The third-order valence-corrected chi connectivity index (χ3v) is 3.72. The average molecular weight is 182 g/mol. The smallest absolute Gasteiger partial charge is 0.0108 e. The molecule has 1 unspecified atom stereocenters. The van der Waals surface area contributed by atoms with Crippen molar-refractivity contribution in [1.29, 1.82) is 0 Å². The van der Waals surface area contributed by atoms with Gasteiger partial charge in [0.05, 0.1) is 0 Å². The Morgan fingerprint density at radius 2 is 2.00 bits per heavy atom. The number of nitrogens with zero attached hydrogens (tertiary/aromatic N) is 1. The summed E-state index contributed by atoms with van der Waals surface area (Å²) in [7, 11) is 0. The molecule has 0 radical (unpaired) electrons. The molecule has 1 saturated heterocycles. The van der Waals surface area contributed by atoms with Crippen molar-refractivity contribution >= 4 is 0 Å². The van der Waals surface area contributed by atoms with Gasteiger partial charge in [0.25, 0.3) is 0 Å². The van der Waals surface area contributed by atoms with E-state index in [1.807, 2.05) is 0 Å². The van der Waals surface area contributed by atoms with Crippen LogP contribution in [0.1, 0.15) is 38.5 Å². The summed E-state index contributed by atoms with van der Waals surface area (Å²) in [6, 6.07) is 0.825. The second-order valence-corrected chi connectivity index (χ2v) is 4.67. The zero-order valence-electron chi connectivity index (χ0n) is 8.54. The van der Waals surface area contributed by atoms with E-state index in [-0.39, 0.29) is 0 Å². The van der Waals surface area contributed by atoms with Gasteiger partial charge in [-0.15, -0.1) is 0 Å². The van der Waals surface area contributed by atoms with Gasteiger partial charge in [-0.25, -0.2) is 0 Å². The summed E-state index contributed by atoms with van der Waals surface area (Å²) in [5, 5.41) is 0. The van der Waals surface area contributed by atoms with Crippen LogP contribution in [-0.2, 0) is 0 Å². The molecule has 2 nitrogen and oxygen atoms in total. The summed E-state index contributed by atoms with van der Waals surface area (Å²) in [5.41, 5.74) is 5.62. The molecule has 0 spiro atoms. The molecule has 1 heterocycles. The molecule has 0 aromatic carbocycles. The fraction of sp³-hybridized carbons (Fsp3) is 1.00. The maximum Gasteiger partial charge on any atom is 0.0108 e. The predicted molar refractivity (Wildman–Crippen MR) is 55.6 cm³/mol. The summed E-state index contributed by atoms with van der Waals surface area (Å²) in [5.74, 6) is 1.03. The Bertz CT molecular complexity index is 154. The van der Waals surface area contributed by atoms with Crippen molar-refractivity contribution in [3.63, 3.8) is 0 Å². The molecule has 2 N–H and O–H groups in total. The molecule has 1 aliphatic heterocycles. The Labute approximate surface area is 81.5 Å². The summed E-state index contributed by atoms with van der Waals surface area (Å²) >= 11 is 0. The van der Waals surface area contributed by atoms with Gasteiger partial charge in [0.2, 0.25) is 0 Å². The van der Waals surface area contributed by atoms with Gasteiger partial charge in [-0.05, 0) is 51.1 Å². The minimum absolute atomic E-state index is 0.825. The summed E-state index contributed by atoms with van der Waals surface area (Å²) < 4.78 is 0. The Kier molecular flexibility index (Phi) is 3.23. The number of nitrogens with two attached hydrogens (primary N) is 1. The first kappa shape index (κ1) is 9.47. The van der Waals surface area contributed by atoms with Gasteiger partial charge in [-0.2, -0.15) is 0 Å². The van der Waals surface area contributed by atoms with E-state index in [1.54, 1.807) is 0 Å². The molecule has 2 heteroatoms. The van der Waals surface area contributed by atoms with Crippen molar-refractivity contribution in [2.45, 2.75) is 44.6 Å². The second-order valence-electron chi connectivity index (χ2n) is 4.67. The molecule has 0 aromatic heterocycles. The minimum Gasteiger partial charge on any atom is -0.330 e. The van der Waals surface area contributed by atoms with E-state index in [2.05, 4.69) is 4.90 Å². The highest BCUT2D eigenvalue weighted by molar-refractivity contribution is 4.83. The molecule has 0 amide bonds. The fourth-order valence-electron chi connectivity index (χ4n) is 2.66. The van der Waals surface area contributed by atoms with Gasteiger partial charge < -0.3 is 10.6 Å². The lowest BCUT2D eigenvalue weighted by atomic mass is 9.85. The predicted octanol–water partition coefficient (Wildman–Crippen LogP) is 1.60. The number of likely N-dealkylation sites (tertiary alicyclic amines) is 1. The quantitative estimate of drug-likeness (QED) is 0.715. The summed E-state index contributed by atoms with van der Waals surface area (Å²) in [4.78, 5) is 2.69. The van der Waals surface area contributed by atoms with Crippen LogP contribution in [0.4, 0.5) is 0 Å². The molecule has 2 aliphatic rings. The molecule has 13 heavy (non-hydrogen) atoms.